The molecule has 0 N–H and O–H groups in total. The van der Waals surface area contributed by atoms with Gasteiger partial charge in [0.05, 0.1) is 16.9 Å². The van der Waals surface area contributed by atoms with Gasteiger partial charge in [0, 0.05) is 13.1 Å². The number of fused-ring (bicyclic) bond motifs is 1. The number of hydrogen-bond donors (Lipinski definition) is 0. The molecule has 4 heteroatoms. The Hall–Kier alpha value is -1.06. The summed E-state index contributed by atoms with van der Waals surface area (Å²) in [6.07, 6.45) is 4.06. The van der Waals surface area contributed by atoms with Crippen molar-refractivity contribution in [1.82, 2.24) is 14.5 Å². The molecule has 0 bridgehead atoms. The van der Waals surface area contributed by atoms with Crippen LogP contribution in [0.1, 0.15) is 30.7 Å². The zero-order chi connectivity index (χ0) is 13.9. The number of nitrogens with zero attached hydrogens (tertiary/aromatic N) is 3. The van der Waals surface area contributed by atoms with Crippen molar-refractivity contribution in [3.8, 4) is 0 Å². The maximum absolute atomic E-state index is 6.07. The monoisotopic (exact) mass is 291 g/mol. The van der Waals surface area contributed by atoms with E-state index in [1.807, 2.05) is 0 Å². The zero-order valence-electron chi connectivity index (χ0n) is 12.1. The van der Waals surface area contributed by atoms with Crippen LogP contribution < -0.4 is 0 Å². The van der Waals surface area contributed by atoms with Crippen molar-refractivity contribution in [3.63, 3.8) is 0 Å². The van der Waals surface area contributed by atoms with Gasteiger partial charge in [-0.25, -0.2) is 4.98 Å². The van der Waals surface area contributed by atoms with E-state index < -0.39 is 0 Å². The van der Waals surface area contributed by atoms with Gasteiger partial charge in [0.15, 0.2) is 0 Å². The molecule has 1 fully saturated rings. The molecular formula is C16H22ClN3. The number of hydrogen-bond acceptors (Lipinski definition) is 2. The number of aryl methyl sites for hydroxylation is 1. The summed E-state index contributed by atoms with van der Waals surface area (Å²) < 4.78 is 2.29. The summed E-state index contributed by atoms with van der Waals surface area (Å²) in [5.41, 5.74) is 3.53. The lowest BCUT2D eigenvalue weighted by Crippen LogP contribution is -2.32. The lowest BCUT2D eigenvalue weighted by molar-refractivity contribution is 0.221. The van der Waals surface area contributed by atoms with Crippen LogP contribution in [0.15, 0.2) is 18.2 Å². The maximum atomic E-state index is 6.07. The zero-order valence-corrected chi connectivity index (χ0v) is 12.9. The van der Waals surface area contributed by atoms with Crippen molar-refractivity contribution in [2.75, 3.05) is 19.6 Å². The molecule has 1 aromatic heterocycles. The van der Waals surface area contributed by atoms with E-state index in [9.17, 15) is 0 Å². The van der Waals surface area contributed by atoms with Crippen molar-refractivity contribution >= 4 is 22.6 Å². The van der Waals surface area contributed by atoms with Crippen LogP contribution in [0.25, 0.3) is 11.0 Å². The third-order valence-corrected chi connectivity index (χ3v) is 4.43. The number of piperidine rings is 1. The van der Waals surface area contributed by atoms with E-state index in [4.69, 9.17) is 11.6 Å². The van der Waals surface area contributed by atoms with Gasteiger partial charge >= 0.3 is 0 Å². The summed E-state index contributed by atoms with van der Waals surface area (Å²) in [5, 5.41) is 0. The van der Waals surface area contributed by atoms with E-state index >= 15 is 0 Å². The van der Waals surface area contributed by atoms with E-state index in [1.54, 1.807) is 0 Å². The van der Waals surface area contributed by atoms with Gasteiger partial charge in [0.25, 0.3) is 0 Å². The Morgan fingerprint density at radius 1 is 1.15 bits per heavy atom. The van der Waals surface area contributed by atoms with Gasteiger partial charge in [-0.05, 0) is 50.6 Å². The minimum Gasteiger partial charge on any atom is -0.326 e. The van der Waals surface area contributed by atoms with Crippen molar-refractivity contribution < 1.29 is 0 Å². The predicted molar refractivity (Wildman–Crippen MR) is 84.3 cm³/mol. The fourth-order valence-electron chi connectivity index (χ4n) is 3.07. The van der Waals surface area contributed by atoms with Crippen molar-refractivity contribution in [2.24, 2.45) is 0 Å². The molecular weight excluding hydrogens is 270 g/mol. The van der Waals surface area contributed by atoms with E-state index in [-0.39, 0.29) is 0 Å². The van der Waals surface area contributed by atoms with E-state index in [0.717, 1.165) is 24.4 Å². The molecule has 20 heavy (non-hydrogen) atoms. The average molecular weight is 292 g/mol. The molecule has 2 aromatic rings. The molecule has 0 radical (unpaired) electrons. The lowest BCUT2D eigenvalue weighted by atomic mass is 10.1. The van der Waals surface area contributed by atoms with Crippen LogP contribution in [-0.2, 0) is 12.4 Å². The topological polar surface area (TPSA) is 21.1 Å². The third kappa shape index (κ3) is 2.84. The molecule has 0 aliphatic carbocycles. The maximum Gasteiger partial charge on any atom is 0.124 e. The van der Waals surface area contributed by atoms with Gasteiger partial charge in [0.1, 0.15) is 5.82 Å². The number of halogens is 1. The molecule has 0 saturated carbocycles. The molecule has 0 unspecified atom stereocenters. The standard InChI is InChI=1S/C16H22ClN3/c1-13-5-6-15-14(11-13)18-16(12-17)20(15)10-9-19-7-3-2-4-8-19/h5-6,11H,2-4,7-10,12H2,1H3. The van der Waals surface area contributed by atoms with E-state index in [0.29, 0.717) is 5.88 Å². The molecule has 108 valence electrons. The van der Waals surface area contributed by atoms with Crippen LogP contribution in [0.2, 0.25) is 0 Å². The second-order valence-electron chi connectivity index (χ2n) is 5.71. The first-order chi connectivity index (χ1) is 9.78. The Kier molecular flexibility index (Phi) is 4.27. The Morgan fingerprint density at radius 3 is 2.70 bits per heavy atom. The SMILES string of the molecule is Cc1ccc2c(c1)nc(CCl)n2CCN1CCCCC1. The van der Waals surface area contributed by atoms with Gasteiger partial charge in [-0.2, -0.15) is 0 Å². The summed E-state index contributed by atoms with van der Waals surface area (Å²) in [6.45, 7) is 6.67. The number of likely N-dealkylation sites (tertiary alicyclic amines) is 1. The van der Waals surface area contributed by atoms with Crippen LogP contribution in [0.5, 0.6) is 0 Å². The average Bonchev–Trinajstić information content (AvgIpc) is 2.83. The summed E-state index contributed by atoms with van der Waals surface area (Å²) in [7, 11) is 0. The summed E-state index contributed by atoms with van der Waals surface area (Å²) in [6, 6.07) is 6.46. The van der Waals surface area contributed by atoms with Gasteiger partial charge in [-0.15, -0.1) is 11.6 Å². The fourth-order valence-corrected chi connectivity index (χ4v) is 3.27. The third-order valence-electron chi connectivity index (χ3n) is 4.19. The summed E-state index contributed by atoms with van der Waals surface area (Å²) in [4.78, 5) is 7.23. The number of benzene rings is 1. The Labute approximate surface area is 125 Å². The number of aromatic nitrogens is 2. The number of alkyl halides is 1. The highest BCUT2D eigenvalue weighted by Crippen LogP contribution is 2.19. The number of rotatable bonds is 4. The molecule has 3 rings (SSSR count). The van der Waals surface area contributed by atoms with Crippen LogP contribution in [0.3, 0.4) is 0 Å². The van der Waals surface area contributed by atoms with Gasteiger partial charge in [-0.1, -0.05) is 12.5 Å². The van der Waals surface area contributed by atoms with Crippen molar-refractivity contribution in [1.29, 1.82) is 0 Å². The van der Waals surface area contributed by atoms with E-state index in [1.165, 1.54) is 43.4 Å². The number of imidazole rings is 1. The van der Waals surface area contributed by atoms with Gasteiger partial charge in [-0.3, -0.25) is 0 Å². The molecule has 1 aliphatic rings. The highest BCUT2D eigenvalue weighted by molar-refractivity contribution is 6.16. The second-order valence-corrected chi connectivity index (χ2v) is 5.98. The molecule has 1 aliphatic heterocycles. The second kappa shape index (κ2) is 6.15. The molecule has 1 saturated heterocycles. The molecule has 0 spiro atoms. The smallest absolute Gasteiger partial charge is 0.124 e. The predicted octanol–water partition coefficient (Wildman–Crippen LogP) is 3.57. The van der Waals surface area contributed by atoms with E-state index in [2.05, 4.69) is 39.6 Å². The first-order valence-corrected chi connectivity index (χ1v) is 8.05. The quantitative estimate of drug-likeness (QED) is 0.803. The van der Waals surface area contributed by atoms with Gasteiger partial charge in [0.2, 0.25) is 0 Å². The van der Waals surface area contributed by atoms with Crippen LogP contribution in [0.4, 0.5) is 0 Å². The molecule has 1 aromatic carbocycles. The normalized spacial score (nSPS) is 16.9. The summed E-state index contributed by atoms with van der Waals surface area (Å²) >= 11 is 6.07. The minimum absolute atomic E-state index is 0.480. The lowest BCUT2D eigenvalue weighted by Gasteiger charge is -2.26. The van der Waals surface area contributed by atoms with Crippen molar-refractivity contribution in [3.05, 3.63) is 29.6 Å². The molecule has 0 atom stereocenters. The Balaban J connectivity index is 1.81. The molecule has 3 nitrogen and oxygen atoms in total. The van der Waals surface area contributed by atoms with Crippen LogP contribution >= 0.6 is 11.6 Å². The summed E-state index contributed by atoms with van der Waals surface area (Å²) in [5.74, 6) is 1.47. The Bertz CT molecular complexity index is 585. The largest absolute Gasteiger partial charge is 0.326 e. The minimum atomic E-state index is 0.480. The first kappa shape index (κ1) is 13.9. The highest BCUT2D eigenvalue weighted by atomic mass is 35.5. The first-order valence-electron chi connectivity index (χ1n) is 7.52. The van der Waals surface area contributed by atoms with Crippen molar-refractivity contribution in [2.45, 2.75) is 38.6 Å². The molecule has 0 amide bonds. The highest BCUT2D eigenvalue weighted by Gasteiger charge is 2.13. The fraction of sp³-hybridized carbons (Fsp3) is 0.562. The van der Waals surface area contributed by atoms with Crippen LogP contribution in [-0.4, -0.2) is 34.1 Å². The molecule has 2 heterocycles. The Morgan fingerprint density at radius 2 is 1.95 bits per heavy atom. The van der Waals surface area contributed by atoms with Gasteiger partial charge < -0.3 is 9.47 Å². The van der Waals surface area contributed by atoms with Crippen LogP contribution in [0, 0.1) is 6.92 Å².